The SMILES string of the molecule is CCOc1ccc(C2c3cccn3-c3ccccc3CN2C(=O)Nc2cc(Cl)ccc2OC)cc1. The van der Waals surface area contributed by atoms with Gasteiger partial charge in [0.15, 0.2) is 0 Å². The number of aromatic nitrogens is 1. The number of ether oxygens (including phenoxy) is 2. The molecule has 1 unspecified atom stereocenters. The fraction of sp³-hybridized carbons (Fsp3) is 0.179. The van der Waals surface area contributed by atoms with Crippen LogP contribution in [0, 0.1) is 0 Å². The Bertz CT molecular complexity index is 1350. The molecule has 35 heavy (non-hydrogen) atoms. The van der Waals surface area contributed by atoms with Crippen molar-refractivity contribution in [2.75, 3.05) is 19.0 Å². The van der Waals surface area contributed by atoms with Gasteiger partial charge in [0.25, 0.3) is 0 Å². The van der Waals surface area contributed by atoms with Gasteiger partial charge in [-0.3, -0.25) is 0 Å². The van der Waals surface area contributed by atoms with Crippen molar-refractivity contribution in [1.82, 2.24) is 9.47 Å². The van der Waals surface area contributed by atoms with Crippen molar-refractivity contribution >= 4 is 23.3 Å². The summed E-state index contributed by atoms with van der Waals surface area (Å²) in [5.74, 6) is 1.34. The Morgan fingerprint density at radius 3 is 2.63 bits per heavy atom. The molecule has 5 rings (SSSR count). The predicted octanol–water partition coefficient (Wildman–Crippen LogP) is 6.68. The number of amides is 2. The Kier molecular flexibility index (Phi) is 6.38. The zero-order chi connectivity index (χ0) is 24.4. The van der Waals surface area contributed by atoms with E-state index < -0.39 is 0 Å². The van der Waals surface area contributed by atoms with Crippen molar-refractivity contribution in [1.29, 1.82) is 0 Å². The first kappa shape index (κ1) is 22.9. The third kappa shape index (κ3) is 4.45. The molecule has 1 atom stereocenters. The molecule has 4 aromatic rings. The predicted molar refractivity (Wildman–Crippen MR) is 138 cm³/mol. The van der Waals surface area contributed by atoms with Gasteiger partial charge in [-0.05, 0) is 66.6 Å². The van der Waals surface area contributed by atoms with E-state index >= 15 is 0 Å². The number of fused-ring (bicyclic) bond motifs is 3. The maximum Gasteiger partial charge on any atom is 0.323 e. The molecule has 7 heteroatoms. The monoisotopic (exact) mass is 487 g/mol. The van der Waals surface area contributed by atoms with E-state index in [1.54, 1.807) is 25.3 Å². The number of nitrogens with one attached hydrogen (secondary N) is 1. The van der Waals surface area contributed by atoms with E-state index in [0.717, 1.165) is 28.3 Å². The minimum Gasteiger partial charge on any atom is -0.495 e. The third-order valence-corrected chi connectivity index (χ3v) is 6.37. The summed E-state index contributed by atoms with van der Waals surface area (Å²) in [5, 5.41) is 3.54. The minimum absolute atomic E-state index is 0.256. The molecule has 1 aliphatic rings. The molecule has 3 aromatic carbocycles. The molecule has 1 N–H and O–H groups in total. The summed E-state index contributed by atoms with van der Waals surface area (Å²) in [6, 6.07) is 24.7. The average Bonchev–Trinajstić information content (AvgIpc) is 3.29. The van der Waals surface area contributed by atoms with Crippen LogP contribution >= 0.6 is 11.6 Å². The van der Waals surface area contributed by atoms with Crippen LogP contribution in [0.15, 0.2) is 85.1 Å². The molecule has 6 nitrogen and oxygen atoms in total. The summed E-state index contributed by atoms with van der Waals surface area (Å²) in [7, 11) is 1.57. The Balaban J connectivity index is 1.60. The summed E-state index contributed by atoms with van der Waals surface area (Å²) in [4.78, 5) is 15.7. The van der Waals surface area contributed by atoms with Crippen LogP contribution in [0.4, 0.5) is 10.5 Å². The van der Waals surface area contributed by atoms with Crippen LogP contribution in [0.3, 0.4) is 0 Å². The van der Waals surface area contributed by atoms with E-state index in [1.807, 2.05) is 60.5 Å². The number of halogens is 1. The lowest BCUT2D eigenvalue weighted by Crippen LogP contribution is -2.38. The number of methoxy groups -OCH3 is 1. The van der Waals surface area contributed by atoms with Gasteiger partial charge in [0.1, 0.15) is 11.5 Å². The molecule has 1 aromatic heterocycles. The maximum absolute atomic E-state index is 13.9. The van der Waals surface area contributed by atoms with Crippen LogP contribution in [0.5, 0.6) is 11.5 Å². The molecule has 2 amide bonds. The van der Waals surface area contributed by atoms with E-state index in [9.17, 15) is 4.79 Å². The first-order chi connectivity index (χ1) is 17.1. The summed E-state index contributed by atoms with van der Waals surface area (Å²) in [5.41, 5.74) is 4.59. The van der Waals surface area contributed by atoms with Gasteiger partial charge in [0, 0.05) is 16.9 Å². The highest BCUT2D eigenvalue weighted by Gasteiger charge is 2.33. The van der Waals surface area contributed by atoms with Gasteiger partial charge in [-0.1, -0.05) is 41.9 Å². The Morgan fingerprint density at radius 2 is 1.86 bits per heavy atom. The lowest BCUT2D eigenvalue weighted by molar-refractivity contribution is 0.194. The lowest BCUT2D eigenvalue weighted by Gasteiger charge is -2.31. The smallest absolute Gasteiger partial charge is 0.323 e. The van der Waals surface area contributed by atoms with E-state index in [0.29, 0.717) is 29.6 Å². The molecule has 2 heterocycles. The summed E-state index contributed by atoms with van der Waals surface area (Å²) < 4.78 is 13.3. The van der Waals surface area contributed by atoms with Crippen molar-refractivity contribution in [2.45, 2.75) is 19.5 Å². The van der Waals surface area contributed by atoms with Crippen molar-refractivity contribution in [3.63, 3.8) is 0 Å². The molecule has 0 fully saturated rings. The van der Waals surface area contributed by atoms with Crippen molar-refractivity contribution in [2.24, 2.45) is 0 Å². The van der Waals surface area contributed by atoms with Crippen LogP contribution in [0.1, 0.15) is 29.8 Å². The maximum atomic E-state index is 13.9. The molecular weight excluding hydrogens is 462 g/mol. The van der Waals surface area contributed by atoms with E-state index in [4.69, 9.17) is 21.1 Å². The second kappa shape index (κ2) is 9.76. The van der Waals surface area contributed by atoms with Gasteiger partial charge in [0.2, 0.25) is 0 Å². The molecule has 1 aliphatic heterocycles. The third-order valence-electron chi connectivity index (χ3n) is 6.13. The lowest BCUT2D eigenvalue weighted by atomic mass is 10.0. The van der Waals surface area contributed by atoms with Gasteiger partial charge < -0.3 is 24.3 Å². The largest absolute Gasteiger partial charge is 0.495 e. The van der Waals surface area contributed by atoms with E-state index in [2.05, 4.69) is 28.1 Å². The topological polar surface area (TPSA) is 55.7 Å². The molecule has 178 valence electrons. The Morgan fingerprint density at radius 1 is 1.06 bits per heavy atom. The number of rotatable bonds is 5. The molecule has 0 bridgehead atoms. The molecule has 0 spiro atoms. The summed E-state index contributed by atoms with van der Waals surface area (Å²) in [6.45, 7) is 2.97. The molecule has 0 saturated heterocycles. The van der Waals surface area contributed by atoms with Gasteiger partial charge in [0.05, 0.1) is 37.7 Å². The van der Waals surface area contributed by atoms with Crippen LogP contribution in [-0.2, 0) is 6.54 Å². The van der Waals surface area contributed by atoms with E-state index in [1.165, 1.54) is 0 Å². The zero-order valence-electron chi connectivity index (χ0n) is 19.6. The standard InChI is InChI=1S/C28H26ClN3O3/c1-3-35-22-13-10-19(11-14-22)27-25-9-6-16-31(25)24-8-5-4-7-20(24)18-32(27)28(33)30-23-17-21(29)12-15-26(23)34-2/h4-17,27H,3,18H2,1-2H3,(H,30,33). The quantitative estimate of drug-likeness (QED) is 0.342. The molecule has 0 radical (unpaired) electrons. The molecular formula is C28H26ClN3O3. The van der Waals surface area contributed by atoms with Gasteiger partial charge in [-0.15, -0.1) is 0 Å². The first-order valence-electron chi connectivity index (χ1n) is 11.5. The number of para-hydroxylation sites is 1. The highest BCUT2D eigenvalue weighted by atomic mass is 35.5. The number of urea groups is 1. The number of carbonyl (C=O) groups excluding carboxylic acids is 1. The van der Waals surface area contributed by atoms with Gasteiger partial charge in [-0.2, -0.15) is 0 Å². The number of anilines is 1. The number of nitrogens with zero attached hydrogens (tertiary/aromatic N) is 2. The number of hydrogen-bond donors (Lipinski definition) is 1. The van der Waals surface area contributed by atoms with E-state index in [-0.39, 0.29) is 12.1 Å². The Labute approximate surface area is 209 Å². The molecule has 0 saturated carbocycles. The Hall–Kier alpha value is -3.90. The van der Waals surface area contributed by atoms with Crippen LogP contribution < -0.4 is 14.8 Å². The van der Waals surface area contributed by atoms with Gasteiger partial charge >= 0.3 is 6.03 Å². The zero-order valence-corrected chi connectivity index (χ0v) is 20.3. The molecule has 0 aliphatic carbocycles. The number of hydrogen-bond acceptors (Lipinski definition) is 3. The van der Waals surface area contributed by atoms with Crippen molar-refractivity contribution in [3.8, 4) is 17.2 Å². The second-order valence-electron chi connectivity index (χ2n) is 8.24. The second-order valence-corrected chi connectivity index (χ2v) is 8.68. The highest BCUT2D eigenvalue weighted by Crippen LogP contribution is 2.38. The van der Waals surface area contributed by atoms with Gasteiger partial charge in [-0.25, -0.2) is 4.79 Å². The fourth-order valence-electron chi connectivity index (χ4n) is 4.57. The van der Waals surface area contributed by atoms with Crippen LogP contribution in [0.25, 0.3) is 5.69 Å². The van der Waals surface area contributed by atoms with Crippen LogP contribution in [0.2, 0.25) is 5.02 Å². The number of benzene rings is 3. The van der Waals surface area contributed by atoms with Crippen LogP contribution in [-0.4, -0.2) is 29.2 Å². The highest BCUT2D eigenvalue weighted by molar-refractivity contribution is 6.31. The number of carbonyl (C=O) groups is 1. The summed E-state index contributed by atoms with van der Waals surface area (Å²) in [6.07, 6.45) is 2.04. The normalized spacial score (nSPS) is 14.5. The summed E-state index contributed by atoms with van der Waals surface area (Å²) >= 11 is 6.22. The average molecular weight is 488 g/mol. The first-order valence-corrected chi connectivity index (χ1v) is 11.9. The fourth-order valence-corrected chi connectivity index (χ4v) is 4.74. The van der Waals surface area contributed by atoms with Crippen molar-refractivity contribution in [3.05, 3.63) is 107 Å². The van der Waals surface area contributed by atoms with Crippen molar-refractivity contribution < 1.29 is 14.3 Å². The minimum atomic E-state index is -0.335.